The van der Waals surface area contributed by atoms with Crippen molar-refractivity contribution in [1.82, 2.24) is 0 Å². The van der Waals surface area contributed by atoms with Crippen molar-refractivity contribution in [3.63, 3.8) is 0 Å². The van der Waals surface area contributed by atoms with Crippen LogP contribution in [0.25, 0.3) is 0 Å². The zero-order chi connectivity index (χ0) is 15.6. The van der Waals surface area contributed by atoms with Gasteiger partial charge in [-0.2, -0.15) is 0 Å². The molecule has 0 amide bonds. The van der Waals surface area contributed by atoms with E-state index in [2.05, 4.69) is 0 Å². The van der Waals surface area contributed by atoms with E-state index in [0.29, 0.717) is 6.42 Å². The summed E-state index contributed by atoms with van der Waals surface area (Å²) in [6.07, 6.45) is -1.72. The highest BCUT2D eigenvalue weighted by molar-refractivity contribution is 6.22. The van der Waals surface area contributed by atoms with E-state index in [0.717, 1.165) is 11.6 Å². The molecule has 0 radical (unpaired) electrons. The van der Waals surface area contributed by atoms with E-state index in [4.69, 9.17) is 16.7 Å². The van der Waals surface area contributed by atoms with Gasteiger partial charge < -0.3 is 20.4 Å². The molecule has 114 valence electrons. The first-order valence-electron chi connectivity index (χ1n) is 6.56. The third kappa shape index (κ3) is 3.44. The molecular weight excluding hydrogens is 296 g/mol. The lowest BCUT2D eigenvalue weighted by Crippen LogP contribution is -2.49. The summed E-state index contributed by atoms with van der Waals surface area (Å²) in [6, 6.07) is 9.24. The maximum absolute atomic E-state index is 11.1. The van der Waals surface area contributed by atoms with Crippen molar-refractivity contribution in [3.8, 4) is 0 Å². The van der Waals surface area contributed by atoms with Crippen LogP contribution in [-0.4, -0.2) is 49.6 Å². The highest BCUT2D eigenvalue weighted by Gasteiger charge is 2.44. The molecule has 6 heteroatoms. The largest absolute Gasteiger partial charge is 0.479 e. The first-order chi connectivity index (χ1) is 9.83. The number of alkyl halides is 1. The second-order valence-electron chi connectivity index (χ2n) is 5.25. The Morgan fingerprint density at radius 3 is 2.52 bits per heavy atom. The summed E-state index contributed by atoms with van der Waals surface area (Å²) < 4.78 is 0. The van der Waals surface area contributed by atoms with E-state index in [-0.39, 0.29) is 5.57 Å². The fourth-order valence-corrected chi connectivity index (χ4v) is 2.81. The molecule has 21 heavy (non-hydrogen) atoms. The molecule has 0 spiro atoms. The van der Waals surface area contributed by atoms with Crippen LogP contribution in [-0.2, 0) is 11.2 Å². The SMILES string of the molecule is O=C(O)[C@]1(O)C=C([C@@H](Cl)Cc2ccccc2)[C@@H](O)[C@H](O)C1. The van der Waals surface area contributed by atoms with Gasteiger partial charge in [-0.1, -0.05) is 30.3 Å². The zero-order valence-corrected chi connectivity index (χ0v) is 11.9. The monoisotopic (exact) mass is 312 g/mol. The molecular formula is C15H17ClO5. The minimum Gasteiger partial charge on any atom is -0.479 e. The number of hydrogen-bond acceptors (Lipinski definition) is 4. The van der Waals surface area contributed by atoms with Gasteiger partial charge in [0.15, 0.2) is 5.60 Å². The molecule has 1 aromatic rings. The molecule has 4 N–H and O–H groups in total. The van der Waals surface area contributed by atoms with E-state index < -0.39 is 35.6 Å². The molecule has 0 aromatic heterocycles. The maximum atomic E-state index is 11.1. The van der Waals surface area contributed by atoms with Crippen molar-refractivity contribution in [1.29, 1.82) is 0 Å². The van der Waals surface area contributed by atoms with Crippen LogP contribution in [0.1, 0.15) is 12.0 Å². The predicted molar refractivity (Wildman–Crippen MR) is 77.1 cm³/mol. The number of hydrogen-bond donors (Lipinski definition) is 4. The van der Waals surface area contributed by atoms with Crippen LogP contribution < -0.4 is 0 Å². The van der Waals surface area contributed by atoms with Crippen LogP contribution in [0, 0.1) is 0 Å². The van der Waals surface area contributed by atoms with Crippen LogP contribution >= 0.6 is 11.6 Å². The van der Waals surface area contributed by atoms with Gasteiger partial charge in [0.05, 0.1) is 11.5 Å². The third-order valence-electron chi connectivity index (χ3n) is 3.62. The zero-order valence-electron chi connectivity index (χ0n) is 11.2. The fraction of sp³-hybridized carbons (Fsp3) is 0.400. The van der Waals surface area contributed by atoms with Gasteiger partial charge in [0.1, 0.15) is 6.10 Å². The topological polar surface area (TPSA) is 98.0 Å². The summed E-state index contributed by atoms with van der Waals surface area (Å²) in [5, 5.41) is 38.1. The standard InChI is InChI=1S/C15H17ClO5/c16-11(6-9-4-2-1-3-5-9)10-7-15(21,14(19)20)8-12(17)13(10)18/h1-5,7,11-13,17-18,21H,6,8H2,(H,19,20)/t11-,12+,13+,15-/m0/s1. The van der Waals surface area contributed by atoms with Crippen LogP contribution in [0.2, 0.25) is 0 Å². The molecule has 0 bridgehead atoms. The first-order valence-corrected chi connectivity index (χ1v) is 6.99. The van der Waals surface area contributed by atoms with Crippen LogP contribution in [0.5, 0.6) is 0 Å². The second kappa shape index (κ2) is 6.15. The van der Waals surface area contributed by atoms with Gasteiger partial charge in [-0.25, -0.2) is 4.79 Å². The molecule has 0 saturated carbocycles. The van der Waals surface area contributed by atoms with Crippen molar-refractivity contribution in [2.24, 2.45) is 0 Å². The predicted octanol–water partition coefficient (Wildman–Crippen LogP) is 0.704. The summed E-state index contributed by atoms with van der Waals surface area (Å²) in [6.45, 7) is 0. The van der Waals surface area contributed by atoms with Gasteiger partial charge in [-0.3, -0.25) is 0 Å². The van der Waals surface area contributed by atoms with E-state index in [9.17, 15) is 20.1 Å². The average Bonchev–Trinajstić information content (AvgIpc) is 2.43. The normalized spacial score (nSPS) is 30.6. The Kier molecular flexibility index (Phi) is 4.68. The van der Waals surface area contributed by atoms with Crippen molar-refractivity contribution < 1.29 is 25.2 Å². The maximum Gasteiger partial charge on any atom is 0.339 e. The Morgan fingerprint density at radius 2 is 1.95 bits per heavy atom. The van der Waals surface area contributed by atoms with Crippen molar-refractivity contribution in [2.75, 3.05) is 0 Å². The van der Waals surface area contributed by atoms with Crippen molar-refractivity contribution in [2.45, 2.75) is 36.0 Å². The molecule has 0 heterocycles. The number of halogens is 1. The molecule has 0 fully saturated rings. The number of aliphatic hydroxyl groups is 3. The van der Waals surface area contributed by atoms with Crippen LogP contribution in [0.4, 0.5) is 0 Å². The van der Waals surface area contributed by atoms with Gasteiger partial charge in [0.2, 0.25) is 0 Å². The lowest BCUT2D eigenvalue weighted by Gasteiger charge is -2.35. The molecule has 0 unspecified atom stereocenters. The summed E-state index contributed by atoms with van der Waals surface area (Å²) >= 11 is 6.24. The van der Waals surface area contributed by atoms with Crippen molar-refractivity contribution in [3.05, 3.63) is 47.5 Å². The lowest BCUT2D eigenvalue weighted by molar-refractivity contribution is -0.158. The van der Waals surface area contributed by atoms with E-state index in [1.54, 1.807) is 0 Å². The molecule has 1 aliphatic rings. The molecule has 4 atom stereocenters. The van der Waals surface area contributed by atoms with Gasteiger partial charge in [0, 0.05) is 6.42 Å². The van der Waals surface area contributed by atoms with E-state index in [1.807, 2.05) is 30.3 Å². The molecule has 0 saturated heterocycles. The van der Waals surface area contributed by atoms with Gasteiger partial charge in [-0.15, -0.1) is 11.6 Å². The Balaban J connectivity index is 2.26. The average molecular weight is 313 g/mol. The number of carbonyl (C=O) groups is 1. The molecule has 2 rings (SSSR count). The quantitative estimate of drug-likeness (QED) is 0.485. The summed E-state index contributed by atoms with van der Waals surface area (Å²) in [7, 11) is 0. The van der Waals surface area contributed by atoms with E-state index in [1.165, 1.54) is 0 Å². The van der Waals surface area contributed by atoms with Crippen LogP contribution in [0.3, 0.4) is 0 Å². The Morgan fingerprint density at radius 1 is 1.33 bits per heavy atom. The second-order valence-corrected chi connectivity index (χ2v) is 5.77. The minimum atomic E-state index is -2.21. The number of rotatable bonds is 4. The number of aliphatic hydroxyl groups excluding tert-OH is 2. The Bertz CT molecular complexity index is 544. The lowest BCUT2D eigenvalue weighted by atomic mass is 9.81. The summed E-state index contributed by atoms with van der Waals surface area (Å²) in [5.74, 6) is -1.48. The van der Waals surface area contributed by atoms with E-state index >= 15 is 0 Å². The number of carboxylic acid groups (broad SMARTS) is 1. The van der Waals surface area contributed by atoms with Crippen LogP contribution in [0.15, 0.2) is 42.0 Å². The molecule has 0 aliphatic heterocycles. The molecule has 5 nitrogen and oxygen atoms in total. The van der Waals surface area contributed by atoms with Crippen molar-refractivity contribution >= 4 is 17.6 Å². The highest BCUT2D eigenvalue weighted by atomic mass is 35.5. The Labute approximate surface area is 127 Å². The first kappa shape index (κ1) is 16.0. The smallest absolute Gasteiger partial charge is 0.339 e. The number of carboxylic acids is 1. The van der Waals surface area contributed by atoms with Gasteiger partial charge >= 0.3 is 5.97 Å². The Hall–Kier alpha value is -1.40. The highest BCUT2D eigenvalue weighted by Crippen LogP contribution is 2.32. The number of benzene rings is 1. The van der Waals surface area contributed by atoms with Gasteiger partial charge in [-0.05, 0) is 23.6 Å². The number of aliphatic carboxylic acids is 1. The molecule has 1 aromatic carbocycles. The summed E-state index contributed by atoms with van der Waals surface area (Å²) in [4.78, 5) is 11.1. The third-order valence-corrected chi connectivity index (χ3v) is 4.03. The molecule has 1 aliphatic carbocycles. The van der Waals surface area contributed by atoms with Gasteiger partial charge in [0.25, 0.3) is 0 Å². The minimum absolute atomic E-state index is 0.129. The summed E-state index contributed by atoms with van der Waals surface area (Å²) in [5.41, 5.74) is -1.17. The fourth-order valence-electron chi connectivity index (χ4n) is 2.44.